The van der Waals surface area contributed by atoms with Gasteiger partial charge in [-0.05, 0) is 6.92 Å². The zero-order valence-corrected chi connectivity index (χ0v) is 5.09. The second kappa shape index (κ2) is 5.62. The molecule has 0 heterocycles. The van der Waals surface area contributed by atoms with Crippen LogP contribution in [0.15, 0.2) is 0 Å². The third-order valence-corrected chi connectivity index (χ3v) is 0.536. The highest BCUT2D eigenvalue weighted by Gasteiger charge is 1.74. The molecule has 0 aliphatic heterocycles. The van der Waals surface area contributed by atoms with Gasteiger partial charge in [-0.15, -0.1) is 0 Å². The fourth-order valence-electron chi connectivity index (χ4n) is 0.0696. The third kappa shape index (κ3) is 4.62. The smallest absolute Gasteiger partial charge is 0.0983 e. The molecule has 0 amide bonds. The summed E-state index contributed by atoms with van der Waals surface area (Å²) in [5.74, 6) is 0. The van der Waals surface area contributed by atoms with Crippen molar-refractivity contribution < 1.29 is 9.22 Å². The van der Waals surface area contributed by atoms with Gasteiger partial charge in [0.2, 0.25) is 0 Å². The Hall–Kier alpha value is 0.620. The van der Waals surface area contributed by atoms with E-state index in [0.29, 0.717) is 6.61 Å². The molecule has 0 aliphatic rings. The van der Waals surface area contributed by atoms with Crippen LogP contribution in [-0.2, 0) is 9.22 Å². The van der Waals surface area contributed by atoms with E-state index in [2.05, 4.69) is 20.9 Å². The van der Waals surface area contributed by atoms with Crippen molar-refractivity contribution in [2.45, 2.75) is 6.92 Å². The first-order chi connectivity index (χ1) is 2.91. The van der Waals surface area contributed by atoms with Crippen molar-refractivity contribution in [2.24, 2.45) is 0 Å². The van der Waals surface area contributed by atoms with Crippen molar-refractivity contribution >= 4 is 22.7 Å². The average molecular weight is 126 g/mol. The maximum Gasteiger partial charge on any atom is 0.0983 e. The number of hydrogen-bond acceptors (Lipinski definition) is 4. The quantitative estimate of drug-likeness (QED) is 0.154. The van der Waals surface area contributed by atoms with E-state index in [1.807, 2.05) is 6.92 Å². The van der Waals surface area contributed by atoms with Gasteiger partial charge < -0.3 is 0 Å². The van der Waals surface area contributed by atoms with Crippen LogP contribution >= 0.6 is 22.7 Å². The number of thiol groups is 1. The van der Waals surface area contributed by atoms with Crippen LogP contribution in [0, 0.1) is 0 Å². The molecule has 0 bridgehead atoms. The molecular formula is C2H6O2S2. The molecule has 0 atom stereocenters. The zero-order chi connectivity index (χ0) is 4.83. The minimum absolute atomic E-state index is 0.563. The van der Waals surface area contributed by atoms with Gasteiger partial charge in [0.1, 0.15) is 0 Å². The largest absolute Gasteiger partial charge is 0.224 e. The lowest BCUT2D eigenvalue weighted by Gasteiger charge is -1.89. The summed E-state index contributed by atoms with van der Waals surface area (Å²) in [6, 6.07) is 0. The van der Waals surface area contributed by atoms with Crippen molar-refractivity contribution in [2.75, 3.05) is 6.61 Å². The maximum atomic E-state index is 4.37. The van der Waals surface area contributed by atoms with E-state index in [1.54, 1.807) is 0 Å². The lowest BCUT2D eigenvalue weighted by atomic mass is 10.9. The molecule has 0 unspecified atom stereocenters. The van der Waals surface area contributed by atoms with Gasteiger partial charge in [0.05, 0.1) is 17.7 Å². The summed E-state index contributed by atoms with van der Waals surface area (Å²) in [6.07, 6.45) is 0. The number of hydrogen-bond donors (Lipinski definition) is 1. The molecule has 0 rings (SSSR count). The highest BCUT2D eigenvalue weighted by atomic mass is 33.1. The molecule has 0 N–H and O–H groups in total. The molecule has 0 aromatic carbocycles. The molecule has 0 saturated heterocycles. The molecule has 38 valence electrons. The molecular weight excluding hydrogens is 120 g/mol. The molecule has 0 spiro atoms. The minimum atomic E-state index is 0.563. The Labute approximate surface area is 46.1 Å². The molecule has 0 saturated carbocycles. The van der Waals surface area contributed by atoms with Crippen molar-refractivity contribution in [3.63, 3.8) is 0 Å². The Bertz CT molecular complexity index is 21.5. The van der Waals surface area contributed by atoms with E-state index in [-0.39, 0.29) is 0 Å². The van der Waals surface area contributed by atoms with Crippen LogP contribution in [0.3, 0.4) is 0 Å². The fourth-order valence-corrected chi connectivity index (χ4v) is 0.338. The minimum Gasteiger partial charge on any atom is -0.224 e. The van der Waals surface area contributed by atoms with Crippen LogP contribution in [0.25, 0.3) is 0 Å². The van der Waals surface area contributed by atoms with E-state index < -0.39 is 0 Å². The van der Waals surface area contributed by atoms with Gasteiger partial charge in [-0.3, -0.25) is 0 Å². The second-order valence-corrected chi connectivity index (χ2v) is 1.28. The Morgan fingerprint density at radius 3 is 2.67 bits per heavy atom. The molecule has 0 aromatic heterocycles. The van der Waals surface area contributed by atoms with Gasteiger partial charge in [0, 0.05) is 0 Å². The average Bonchev–Trinajstić information content (AvgIpc) is 1.61. The highest BCUT2D eigenvalue weighted by molar-refractivity contribution is 8.66. The van der Waals surface area contributed by atoms with Crippen molar-refractivity contribution in [1.82, 2.24) is 0 Å². The van der Waals surface area contributed by atoms with Crippen LogP contribution in [0.5, 0.6) is 0 Å². The van der Waals surface area contributed by atoms with Crippen molar-refractivity contribution in [3.8, 4) is 0 Å². The summed E-state index contributed by atoms with van der Waals surface area (Å²) in [7, 11) is 0. The van der Waals surface area contributed by atoms with Gasteiger partial charge >= 0.3 is 0 Å². The van der Waals surface area contributed by atoms with Crippen LogP contribution < -0.4 is 0 Å². The highest BCUT2D eigenvalue weighted by Crippen LogP contribution is 2.05. The zero-order valence-electron chi connectivity index (χ0n) is 3.38. The van der Waals surface area contributed by atoms with Gasteiger partial charge in [-0.1, -0.05) is 11.7 Å². The SMILES string of the molecule is CCOOSS. The molecule has 6 heavy (non-hydrogen) atoms. The summed E-state index contributed by atoms with van der Waals surface area (Å²) in [5.41, 5.74) is 0. The monoisotopic (exact) mass is 126 g/mol. The summed E-state index contributed by atoms with van der Waals surface area (Å²) in [6.45, 7) is 2.40. The van der Waals surface area contributed by atoms with Crippen LogP contribution in [-0.4, -0.2) is 6.61 Å². The topological polar surface area (TPSA) is 18.5 Å². The summed E-state index contributed by atoms with van der Waals surface area (Å²) < 4.78 is 4.26. The first-order valence-electron chi connectivity index (χ1n) is 1.51. The first kappa shape index (κ1) is 6.62. The van der Waals surface area contributed by atoms with Crippen LogP contribution in [0.4, 0.5) is 0 Å². The molecule has 0 fully saturated rings. The fraction of sp³-hybridized carbons (Fsp3) is 1.00. The first-order valence-corrected chi connectivity index (χ1v) is 3.31. The Morgan fingerprint density at radius 2 is 2.50 bits per heavy atom. The van der Waals surface area contributed by atoms with Gasteiger partial charge in [0.25, 0.3) is 0 Å². The van der Waals surface area contributed by atoms with Crippen molar-refractivity contribution in [1.29, 1.82) is 0 Å². The van der Waals surface area contributed by atoms with E-state index >= 15 is 0 Å². The van der Waals surface area contributed by atoms with Crippen LogP contribution in [0.2, 0.25) is 0 Å². The second-order valence-electron chi connectivity index (χ2n) is 0.549. The molecule has 2 nitrogen and oxygen atoms in total. The Kier molecular flexibility index (Phi) is 6.20. The standard InChI is InChI=1S/C2H6O2S2/c1-2-3-4-6-5/h5H,2H2,1H3. The Balaban J connectivity index is 2.34. The molecule has 0 radical (unpaired) electrons. The Morgan fingerprint density at radius 1 is 1.83 bits per heavy atom. The van der Waals surface area contributed by atoms with E-state index in [0.717, 1.165) is 11.1 Å². The predicted molar refractivity (Wildman–Crippen MR) is 29.3 cm³/mol. The molecule has 4 heteroatoms. The van der Waals surface area contributed by atoms with E-state index in [4.69, 9.17) is 0 Å². The summed E-state index contributed by atoms with van der Waals surface area (Å²) in [4.78, 5) is 4.37. The summed E-state index contributed by atoms with van der Waals surface area (Å²) >= 11 is 4.52. The molecule has 0 aliphatic carbocycles. The lowest BCUT2D eigenvalue weighted by Crippen LogP contribution is -1.80. The number of rotatable bonds is 3. The van der Waals surface area contributed by atoms with E-state index in [9.17, 15) is 0 Å². The van der Waals surface area contributed by atoms with Gasteiger partial charge in [-0.25, -0.2) is 4.89 Å². The summed E-state index contributed by atoms with van der Waals surface area (Å²) in [5, 5.41) is 0. The lowest BCUT2D eigenvalue weighted by molar-refractivity contribution is -0.183. The van der Waals surface area contributed by atoms with E-state index in [1.165, 1.54) is 0 Å². The maximum absolute atomic E-state index is 4.37. The normalized spacial score (nSPS) is 9.00. The van der Waals surface area contributed by atoms with Crippen LogP contribution in [0.1, 0.15) is 6.92 Å². The van der Waals surface area contributed by atoms with Gasteiger partial charge in [0.15, 0.2) is 0 Å². The molecule has 0 aromatic rings. The van der Waals surface area contributed by atoms with Gasteiger partial charge in [-0.2, -0.15) is 4.33 Å². The third-order valence-electron chi connectivity index (χ3n) is 0.196. The predicted octanol–water partition coefficient (Wildman–Crippen LogP) is 1.45. The van der Waals surface area contributed by atoms with Crippen molar-refractivity contribution in [3.05, 3.63) is 0 Å².